The number of aromatic nitrogens is 3. The number of amides is 1. The van der Waals surface area contributed by atoms with Crippen molar-refractivity contribution in [3.05, 3.63) is 65.2 Å². The number of hydrogen-bond acceptors (Lipinski definition) is 6. The molecule has 0 fully saturated rings. The SMILES string of the molecule is COc1ncccc1C(=O)NC[C@H]1Cc2cc(-c3nc(C)cnc3C)ccc2O1. The fourth-order valence-corrected chi connectivity index (χ4v) is 3.42. The lowest BCUT2D eigenvalue weighted by molar-refractivity contribution is 0.0929. The van der Waals surface area contributed by atoms with Crippen molar-refractivity contribution in [1.82, 2.24) is 20.3 Å². The molecule has 0 aliphatic carbocycles. The molecule has 0 radical (unpaired) electrons. The van der Waals surface area contributed by atoms with Gasteiger partial charge in [-0.2, -0.15) is 0 Å². The Hall–Kier alpha value is -3.48. The zero-order valence-electron chi connectivity index (χ0n) is 16.6. The molecule has 2 aromatic heterocycles. The standard InChI is InChI=1S/C22H22N4O3/c1-13-11-24-14(2)20(26-13)15-6-7-19-16(9-15)10-17(29-19)12-25-21(27)18-5-4-8-23-22(18)28-3/h4-9,11,17H,10,12H2,1-3H3,(H,25,27)/t17-/m1/s1. The molecule has 1 aromatic carbocycles. The molecule has 4 rings (SSSR count). The summed E-state index contributed by atoms with van der Waals surface area (Å²) in [5.74, 6) is 0.908. The van der Waals surface area contributed by atoms with Crippen molar-refractivity contribution in [2.45, 2.75) is 26.4 Å². The van der Waals surface area contributed by atoms with Gasteiger partial charge in [0.05, 0.1) is 30.7 Å². The molecule has 3 aromatic rings. The van der Waals surface area contributed by atoms with Crippen LogP contribution in [0.5, 0.6) is 11.6 Å². The number of rotatable bonds is 5. The molecule has 0 spiro atoms. The molecule has 148 valence electrons. The van der Waals surface area contributed by atoms with Gasteiger partial charge in [-0.1, -0.05) is 0 Å². The van der Waals surface area contributed by atoms with Crippen LogP contribution in [-0.2, 0) is 6.42 Å². The Bertz CT molecular complexity index is 1070. The number of pyridine rings is 1. The normalized spacial score (nSPS) is 14.8. The quantitative estimate of drug-likeness (QED) is 0.721. The van der Waals surface area contributed by atoms with Crippen LogP contribution < -0.4 is 14.8 Å². The molecule has 0 bridgehead atoms. The van der Waals surface area contributed by atoms with Crippen molar-refractivity contribution in [3.8, 4) is 22.9 Å². The first-order chi connectivity index (χ1) is 14.0. The highest BCUT2D eigenvalue weighted by Crippen LogP contribution is 2.33. The number of ether oxygens (including phenoxy) is 2. The number of carbonyl (C=O) groups excluding carboxylic acids is 1. The van der Waals surface area contributed by atoms with E-state index in [1.807, 2.05) is 26.0 Å². The lowest BCUT2D eigenvalue weighted by atomic mass is 10.0. The van der Waals surface area contributed by atoms with Crippen molar-refractivity contribution in [1.29, 1.82) is 0 Å². The predicted octanol–water partition coefficient (Wildman–Crippen LogP) is 2.90. The van der Waals surface area contributed by atoms with Gasteiger partial charge < -0.3 is 14.8 Å². The molecule has 7 nitrogen and oxygen atoms in total. The van der Waals surface area contributed by atoms with Gasteiger partial charge in [0.2, 0.25) is 5.88 Å². The summed E-state index contributed by atoms with van der Waals surface area (Å²) in [4.78, 5) is 25.5. The van der Waals surface area contributed by atoms with Crippen LogP contribution in [0.4, 0.5) is 0 Å². The first-order valence-electron chi connectivity index (χ1n) is 9.42. The number of aryl methyl sites for hydroxylation is 2. The van der Waals surface area contributed by atoms with Gasteiger partial charge in [-0.25, -0.2) is 9.97 Å². The maximum Gasteiger partial charge on any atom is 0.256 e. The van der Waals surface area contributed by atoms with Crippen LogP contribution in [0.15, 0.2) is 42.7 Å². The number of hydrogen-bond donors (Lipinski definition) is 1. The van der Waals surface area contributed by atoms with Crippen LogP contribution in [0.25, 0.3) is 11.3 Å². The third kappa shape index (κ3) is 3.89. The van der Waals surface area contributed by atoms with E-state index in [0.29, 0.717) is 24.4 Å². The Morgan fingerprint density at radius 3 is 2.97 bits per heavy atom. The molecule has 29 heavy (non-hydrogen) atoms. The summed E-state index contributed by atoms with van der Waals surface area (Å²) in [6.07, 6.45) is 3.94. The fraction of sp³-hybridized carbons (Fsp3) is 0.273. The summed E-state index contributed by atoms with van der Waals surface area (Å²) in [5.41, 5.74) is 5.18. The van der Waals surface area contributed by atoms with Gasteiger partial charge in [-0.3, -0.25) is 9.78 Å². The van der Waals surface area contributed by atoms with Crippen LogP contribution in [0.1, 0.15) is 27.3 Å². The Morgan fingerprint density at radius 1 is 1.28 bits per heavy atom. The molecule has 1 aliphatic heterocycles. The van der Waals surface area contributed by atoms with E-state index in [1.165, 1.54) is 7.11 Å². The number of methoxy groups -OCH3 is 1. The Balaban J connectivity index is 1.44. The van der Waals surface area contributed by atoms with E-state index < -0.39 is 0 Å². The summed E-state index contributed by atoms with van der Waals surface area (Å²) >= 11 is 0. The fourth-order valence-electron chi connectivity index (χ4n) is 3.42. The van der Waals surface area contributed by atoms with E-state index in [2.05, 4.69) is 26.3 Å². The molecule has 1 aliphatic rings. The average Bonchev–Trinajstić information content (AvgIpc) is 3.15. The van der Waals surface area contributed by atoms with Crippen LogP contribution in [0.3, 0.4) is 0 Å². The van der Waals surface area contributed by atoms with Crippen LogP contribution >= 0.6 is 0 Å². The molecule has 7 heteroatoms. The van der Waals surface area contributed by atoms with E-state index in [-0.39, 0.29) is 12.0 Å². The molecule has 0 unspecified atom stereocenters. The first-order valence-corrected chi connectivity index (χ1v) is 9.42. The number of fused-ring (bicyclic) bond motifs is 1. The molecular weight excluding hydrogens is 368 g/mol. The summed E-state index contributed by atoms with van der Waals surface area (Å²) in [5, 5.41) is 2.91. The van der Waals surface area contributed by atoms with E-state index in [4.69, 9.17) is 9.47 Å². The minimum Gasteiger partial charge on any atom is -0.488 e. The molecule has 0 saturated heterocycles. The minimum absolute atomic E-state index is 0.128. The largest absolute Gasteiger partial charge is 0.488 e. The Morgan fingerprint density at radius 2 is 2.14 bits per heavy atom. The molecule has 1 N–H and O–H groups in total. The summed E-state index contributed by atoms with van der Waals surface area (Å²) in [7, 11) is 1.49. The Labute approximate surface area is 169 Å². The van der Waals surface area contributed by atoms with Gasteiger partial charge in [-0.15, -0.1) is 0 Å². The van der Waals surface area contributed by atoms with E-state index in [1.54, 1.807) is 24.5 Å². The molecule has 1 atom stereocenters. The topological polar surface area (TPSA) is 86.2 Å². The number of nitrogens with one attached hydrogen (secondary N) is 1. The van der Waals surface area contributed by atoms with Crippen molar-refractivity contribution in [3.63, 3.8) is 0 Å². The molecule has 0 saturated carbocycles. The molecular formula is C22H22N4O3. The van der Waals surface area contributed by atoms with Gasteiger partial charge in [0.1, 0.15) is 17.4 Å². The highest BCUT2D eigenvalue weighted by Gasteiger charge is 2.25. The summed E-state index contributed by atoms with van der Waals surface area (Å²) in [6.45, 7) is 4.28. The number of carbonyl (C=O) groups is 1. The highest BCUT2D eigenvalue weighted by molar-refractivity contribution is 5.96. The van der Waals surface area contributed by atoms with E-state index in [9.17, 15) is 4.79 Å². The van der Waals surface area contributed by atoms with Gasteiger partial charge in [-0.05, 0) is 49.7 Å². The van der Waals surface area contributed by atoms with Crippen molar-refractivity contribution >= 4 is 5.91 Å². The van der Waals surface area contributed by atoms with Crippen molar-refractivity contribution in [2.75, 3.05) is 13.7 Å². The lowest BCUT2D eigenvalue weighted by Gasteiger charge is -2.12. The van der Waals surface area contributed by atoms with Crippen LogP contribution in [0, 0.1) is 13.8 Å². The minimum atomic E-state index is -0.235. The van der Waals surface area contributed by atoms with Gasteiger partial charge in [0, 0.05) is 24.4 Å². The predicted molar refractivity (Wildman–Crippen MR) is 108 cm³/mol. The van der Waals surface area contributed by atoms with Crippen LogP contribution in [-0.4, -0.2) is 40.6 Å². The Kier molecular flexibility index (Phi) is 5.12. The second kappa shape index (κ2) is 7.87. The zero-order chi connectivity index (χ0) is 20.4. The first kappa shape index (κ1) is 18.9. The third-order valence-electron chi connectivity index (χ3n) is 4.85. The van der Waals surface area contributed by atoms with Gasteiger partial charge >= 0.3 is 0 Å². The van der Waals surface area contributed by atoms with E-state index >= 15 is 0 Å². The number of benzene rings is 1. The highest BCUT2D eigenvalue weighted by atomic mass is 16.5. The van der Waals surface area contributed by atoms with Crippen molar-refractivity contribution < 1.29 is 14.3 Å². The number of nitrogens with zero attached hydrogens (tertiary/aromatic N) is 3. The van der Waals surface area contributed by atoms with E-state index in [0.717, 1.165) is 34.0 Å². The smallest absolute Gasteiger partial charge is 0.256 e. The summed E-state index contributed by atoms with van der Waals surface area (Å²) in [6, 6.07) is 9.44. The summed E-state index contributed by atoms with van der Waals surface area (Å²) < 4.78 is 11.1. The van der Waals surface area contributed by atoms with Crippen molar-refractivity contribution in [2.24, 2.45) is 0 Å². The molecule has 3 heterocycles. The lowest BCUT2D eigenvalue weighted by Crippen LogP contribution is -2.34. The zero-order valence-corrected chi connectivity index (χ0v) is 16.6. The van der Waals surface area contributed by atoms with Gasteiger partial charge in [0.15, 0.2) is 0 Å². The second-order valence-corrected chi connectivity index (χ2v) is 6.98. The monoisotopic (exact) mass is 390 g/mol. The van der Waals surface area contributed by atoms with Crippen LogP contribution in [0.2, 0.25) is 0 Å². The third-order valence-corrected chi connectivity index (χ3v) is 4.85. The van der Waals surface area contributed by atoms with Gasteiger partial charge in [0.25, 0.3) is 5.91 Å². The maximum atomic E-state index is 12.5. The second-order valence-electron chi connectivity index (χ2n) is 6.98. The molecule has 1 amide bonds. The maximum absolute atomic E-state index is 12.5. The average molecular weight is 390 g/mol.